The Balaban J connectivity index is 1.65. The van der Waals surface area contributed by atoms with Crippen molar-refractivity contribution in [3.05, 3.63) is 121 Å². The first-order valence-electron chi connectivity index (χ1n) is 12.8. The third-order valence-electron chi connectivity index (χ3n) is 6.32. The number of allylic oxidation sites excluding steroid dienone is 1. The maximum atomic E-state index is 14.0. The molecule has 8 heteroatoms. The van der Waals surface area contributed by atoms with Crippen molar-refractivity contribution in [3.63, 3.8) is 0 Å². The molecule has 0 fully saturated rings. The Bertz CT molecular complexity index is 1800. The van der Waals surface area contributed by atoms with Crippen LogP contribution < -0.4 is 29.7 Å². The Morgan fingerprint density at radius 2 is 1.80 bits per heavy atom. The second-order valence-corrected chi connectivity index (χ2v) is 9.94. The zero-order valence-electron chi connectivity index (χ0n) is 22.1. The van der Waals surface area contributed by atoms with Crippen molar-refractivity contribution in [2.75, 3.05) is 18.5 Å². The van der Waals surface area contributed by atoms with E-state index in [0.29, 0.717) is 44.4 Å². The van der Waals surface area contributed by atoms with Crippen molar-refractivity contribution >= 4 is 29.0 Å². The highest BCUT2D eigenvalue weighted by Gasteiger charge is 2.32. The van der Waals surface area contributed by atoms with E-state index in [2.05, 4.69) is 11.2 Å². The SMILES string of the molecule is C#CCOc1ccccc1/C=c1\sc2n(c1=O)[C@@H](c1ccc(OCC)cc1)C(C(=O)Nc1ccccc1)=C(C)N=2. The van der Waals surface area contributed by atoms with E-state index in [9.17, 15) is 9.59 Å². The predicted molar refractivity (Wildman–Crippen MR) is 157 cm³/mol. The minimum Gasteiger partial charge on any atom is -0.494 e. The number of nitrogens with zero attached hydrogens (tertiary/aromatic N) is 2. The molecule has 40 heavy (non-hydrogen) atoms. The lowest BCUT2D eigenvalue weighted by Crippen LogP contribution is -2.40. The highest BCUT2D eigenvalue weighted by atomic mass is 32.1. The number of nitrogens with one attached hydrogen (secondary N) is 1. The number of para-hydroxylation sites is 2. The lowest BCUT2D eigenvalue weighted by molar-refractivity contribution is -0.113. The van der Waals surface area contributed by atoms with Gasteiger partial charge in [-0.3, -0.25) is 14.2 Å². The van der Waals surface area contributed by atoms with Gasteiger partial charge in [0.15, 0.2) is 4.80 Å². The summed E-state index contributed by atoms with van der Waals surface area (Å²) >= 11 is 1.26. The van der Waals surface area contributed by atoms with E-state index in [-0.39, 0.29) is 18.1 Å². The molecule has 0 spiro atoms. The molecule has 0 radical (unpaired) electrons. The smallest absolute Gasteiger partial charge is 0.271 e. The van der Waals surface area contributed by atoms with E-state index < -0.39 is 6.04 Å². The monoisotopic (exact) mass is 549 g/mol. The number of hydrogen-bond donors (Lipinski definition) is 1. The zero-order chi connectivity index (χ0) is 28.1. The molecular formula is C32H27N3O4S. The highest BCUT2D eigenvalue weighted by molar-refractivity contribution is 7.07. The van der Waals surface area contributed by atoms with Crippen LogP contribution in [0.3, 0.4) is 0 Å². The van der Waals surface area contributed by atoms with Crippen LogP contribution >= 0.6 is 11.3 Å². The standard InChI is InChI=1S/C32H27N3O4S/c1-4-19-39-26-14-10-9-11-23(26)20-27-31(37)35-29(22-15-17-25(18-16-22)38-5-2)28(21(3)33-32(35)40-27)30(36)34-24-12-7-6-8-13-24/h1,6-18,20,29H,5,19H2,2-3H3,(H,34,36)/b27-20-/t29-/m0/s1. The molecule has 3 aromatic carbocycles. The molecule has 5 rings (SSSR count). The number of hydrogen-bond acceptors (Lipinski definition) is 6. The Hall–Kier alpha value is -4.87. The van der Waals surface area contributed by atoms with Crippen molar-refractivity contribution in [2.45, 2.75) is 19.9 Å². The molecule has 0 unspecified atom stereocenters. The van der Waals surface area contributed by atoms with E-state index in [1.165, 1.54) is 11.3 Å². The molecular weight excluding hydrogens is 522 g/mol. The van der Waals surface area contributed by atoms with Crippen molar-refractivity contribution in [3.8, 4) is 23.8 Å². The molecule has 1 amide bonds. The van der Waals surface area contributed by atoms with Crippen LogP contribution in [-0.2, 0) is 4.79 Å². The van der Waals surface area contributed by atoms with Crippen LogP contribution in [0.2, 0.25) is 0 Å². The fraction of sp³-hybridized carbons (Fsp3) is 0.156. The second kappa shape index (κ2) is 11.9. The molecule has 1 atom stereocenters. The number of ether oxygens (including phenoxy) is 2. The van der Waals surface area contributed by atoms with Gasteiger partial charge in [-0.05, 0) is 55.8 Å². The van der Waals surface area contributed by atoms with Gasteiger partial charge in [0.25, 0.3) is 11.5 Å². The van der Waals surface area contributed by atoms with Gasteiger partial charge in [-0.2, -0.15) is 0 Å². The summed E-state index contributed by atoms with van der Waals surface area (Å²) in [5, 5.41) is 2.96. The maximum Gasteiger partial charge on any atom is 0.271 e. The molecule has 0 saturated heterocycles. The molecule has 1 aliphatic heterocycles. The Morgan fingerprint density at radius 3 is 2.52 bits per heavy atom. The van der Waals surface area contributed by atoms with Gasteiger partial charge in [-0.15, -0.1) is 6.42 Å². The van der Waals surface area contributed by atoms with E-state index in [0.717, 1.165) is 11.1 Å². The molecule has 200 valence electrons. The maximum absolute atomic E-state index is 14.0. The summed E-state index contributed by atoms with van der Waals surface area (Å²) in [6.45, 7) is 4.36. The molecule has 4 aromatic rings. The van der Waals surface area contributed by atoms with E-state index in [4.69, 9.17) is 20.9 Å². The van der Waals surface area contributed by atoms with Crippen LogP contribution in [-0.4, -0.2) is 23.7 Å². The average Bonchev–Trinajstić information content (AvgIpc) is 3.27. The molecule has 1 aliphatic rings. The third-order valence-corrected chi connectivity index (χ3v) is 7.30. The van der Waals surface area contributed by atoms with Crippen LogP contribution in [0.25, 0.3) is 6.08 Å². The summed E-state index contributed by atoms with van der Waals surface area (Å²) in [7, 11) is 0. The topological polar surface area (TPSA) is 81.9 Å². The zero-order valence-corrected chi connectivity index (χ0v) is 22.9. The quantitative estimate of drug-likeness (QED) is 0.333. The summed E-state index contributed by atoms with van der Waals surface area (Å²) in [4.78, 5) is 32.9. The van der Waals surface area contributed by atoms with Crippen molar-refractivity contribution in [1.29, 1.82) is 0 Å². The lowest BCUT2D eigenvalue weighted by Gasteiger charge is -2.25. The molecule has 1 N–H and O–H groups in total. The number of carbonyl (C=O) groups is 1. The molecule has 2 heterocycles. The predicted octanol–water partition coefficient (Wildman–Crippen LogP) is 4.28. The van der Waals surface area contributed by atoms with Gasteiger partial charge in [0.05, 0.1) is 28.5 Å². The molecule has 1 aromatic heterocycles. The molecule has 0 aliphatic carbocycles. The van der Waals surface area contributed by atoms with Crippen LogP contribution in [0.15, 0.2) is 99.9 Å². The fourth-order valence-electron chi connectivity index (χ4n) is 4.55. The van der Waals surface area contributed by atoms with E-state index in [1.807, 2.05) is 79.7 Å². The summed E-state index contributed by atoms with van der Waals surface area (Å²) < 4.78 is 13.3. The van der Waals surface area contributed by atoms with Gasteiger partial charge in [0.2, 0.25) is 0 Å². The number of aromatic nitrogens is 1. The molecule has 0 bridgehead atoms. The molecule has 7 nitrogen and oxygen atoms in total. The summed E-state index contributed by atoms with van der Waals surface area (Å²) in [6, 6.07) is 23.3. The minimum absolute atomic E-state index is 0.114. The first kappa shape index (κ1) is 26.7. The summed E-state index contributed by atoms with van der Waals surface area (Å²) in [6.07, 6.45) is 7.14. The number of benzene rings is 3. The van der Waals surface area contributed by atoms with Crippen LogP contribution in [0.4, 0.5) is 5.69 Å². The number of fused-ring (bicyclic) bond motifs is 1. The largest absolute Gasteiger partial charge is 0.494 e. The van der Waals surface area contributed by atoms with Crippen molar-refractivity contribution in [2.24, 2.45) is 4.99 Å². The summed E-state index contributed by atoms with van der Waals surface area (Å²) in [5.74, 6) is 3.42. The number of carbonyl (C=O) groups excluding carboxylic acids is 1. The fourth-order valence-corrected chi connectivity index (χ4v) is 5.59. The van der Waals surface area contributed by atoms with Gasteiger partial charge < -0.3 is 14.8 Å². The Kier molecular flexibility index (Phi) is 7.94. The van der Waals surface area contributed by atoms with Gasteiger partial charge in [-0.25, -0.2) is 4.99 Å². The Labute approximate surface area is 235 Å². The van der Waals surface area contributed by atoms with Gasteiger partial charge >= 0.3 is 0 Å². The van der Waals surface area contributed by atoms with Gasteiger partial charge in [-0.1, -0.05) is 65.8 Å². The van der Waals surface area contributed by atoms with Crippen LogP contribution in [0.5, 0.6) is 11.5 Å². The first-order valence-corrected chi connectivity index (χ1v) is 13.6. The van der Waals surface area contributed by atoms with Crippen molar-refractivity contribution in [1.82, 2.24) is 4.57 Å². The van der Waals surface area contributed by atoms with Crippen LogP contribution in [0, 0.1) is 12.3 Å². The van der Waals surface area contributed by atoms with E-state index >= 15 is 0 Å². The minimum atomic E-state index is -0.689. The van der Waals surface area contributed by atoms with Crippen molar-refractivity contribution < 1.29 is 14.3 Å². The highest BCUT2D eigenvalue weighted by Crippen LogP contribution is 2.32. The normalized spacial score (nSPS) is 14.6. The first-order chi connectivity index (χ1) is 19.5. The third kappa shape index (κ3) is 5.46. The average molecular weight is 550 g/mol. The number of rotatable bonds is 8. The van der Waals surface area contributed by atoms with Crippen LogP contribution in [0.1, 0.15) is 31.0 Å². The van der Waals surface area contributed by atoms with E-state index in [1.54, 1.807) is 23.6 Å². The number of thiazole rings is 1. The number of amides is 1. The Morgan fingerprint density at radius 1 is 1.07 bits per heavy atom. The lowest BCUT2D eigenvalue weighted by atomic mass is 9.95. The number of anilines is 1. The van der Waals surface area contributed by atoms with Gasteiger partial charge in [0.1, 0.15) is 18.1 Å². The second-order valence-electron chi connectivity index (χ2n) is 8.93. The molecule has 0 saturated carbocycles. The summed E-state index contributed by atoms with van der Waals surface area (Å²) in [5.41, 5.74) is 2.81. The number of terminal acetylenes is 1. The van der Waals surface area contributed by atoms with Gasteiger partial charge in [0, 0.05) is 11.3 Å².